The maximum absolute atomic E-state index is 5.44. The van der Waals surface area contributed by atoms with Crippen molar-refractivity contribution in [3.8, 4) is 5.75 Å². The molecule has 1 N–H and O–H groups in total. The van der Waals surface area contributed by atoms with Gasteiger partial charge in [0, 0.05) is 12.2 Å². The molecule has 0 amide bonds. The molecule has 0 unspecified atom stereocenters. The largest absolute Gasteiger partial charge is 0.496 e. The third kappa shape index (κ3) is 4.14. The first-order chi connectivity index (χ1) is 8.19. The van der Waals surface area contributed by atoms with Crippen LogP contribution in [0.25, 0.3) is 0 Å². The van der Waals surface area contributed by atoms with Crippen LogP contribution in [0.5, 0.6) is 5.75 Å². The van der Waals surface area contributed by atoms with Crippen molar-refractivity contribution in [3.63, 3.8) is 0 Å². The van der Waals surface area contributed by atoms with Gasteiger partial charge in [0.1, 0.15) is 5.75 Å². The van der Waals surface area contributed by atoms with Crippen LogP contribution in [0.1, 0.15) is 37.8 Å². The molecular weight excluding hydrogens is 210 g/mol. The summed E-state index contributed by atoms with van der Waals surface area (Å²) >= 11 is 0. The third-order valence-electron chi connectivity index (χ3n) is 2.81. The minimum absolute atomic E-state index is 0.825. The summed E-state index contributed by atoms with van der Waals surface area (Å²) in [7, 11) is 1.74. The molecule has 0 bridgehead atoms. The van der Waals surface area contributed by atoms with Crippen LogP contribution in [0, 0.1) is 0 Å². The van der Waals surface area contributed by atoms with E-state index >= 15 is 0 Å². The second kappa shape index (κ2) is 7.00. The van der Waals surface area contributed by atoms with Crippen LogP contribution in [-0.2, 0) is 13.0 Å². The summed E-state index contributed by atoms with van der Waals surface area (Å²) < 4.78 is 5.44. The molecule has 0 fully saturated rings. The Bertz CT molecular complexity index is 371. The van der Waals surface area contributed by atoms with E-state index in [1.807, 2.05) is 19.1 Å². The minimum atomic E-state index is 0.825. The molecule has 0 aliphatic heterocycles. The first kappa shape index (κ1) is 13.6. The molecule has 0 saturated carbocycles. The number of nitrogens with one attached hydrogen (secondary N) is 1. The first-order valence-corrected chi connectivity index (χ1v) is 6.23. The van der Waals surface area contributed by atoms with Crippen LogP contribution in [-0.4, -0.2) is 7.11 Å². The molecule has 2 nitrogen and oxygen atoms in total. The maximum Gasteiger partial charge on any atom is 0.122 e. The molecule has 0 spiro atoms. The highest BCUT2D eigenvalue weighted by atomic mass is 16.5. The predicted molar refractivity (Wildman–Crippen MR) is 73.3 cm³/mol. The number of rotatable bonds is 7. The Balaban J connectivity index is 2.88. The summed E-state index contributed by atoms with van der Waals surface area (Å²) in [6.07, 6.45) is 3.47. The molecule has 0 aromatic heterocycles. The maximum atomic E-state index is 5.44. The highest BCUT2D eigenvalue weighted by molar-refractivity contribution is 5.40. The van der Waals surface area contributed by atoms with Gasteiger partial charge in [-0.3, -0.25) is 0 Å². The van der Waals surface area contributed by atoms with Crippen molar-refractivity contribution >= 4 is 0 Å². The molecular formula is C15H23NO. The van der Waals surface area contributed by atoms with Crippen molar-refractivity contribution in [1.29, 1.82) is 0 Å². The Morgan fingerprint density at radius 3 is 2.76 bits per heavy atom. The fourth-order valence-corrected chi connectivity index (χ4v) is 1.85. The van der Waals surface area contributed by atoms with Crippen molar-refractivity contribution in [2.45, 2.75) is 39.7 Å². The van der Waals surface area contributed by atoms with Crippen LogP contribution in [0.4, 0.5) is 0 Å². The van der Waals surface area contributed by atoms with E-state index in [1.54, 1.807) is 7.11 Å². The van der Waals surface area contributed by atoms with Gasteiger partial charge in [0.2, 0.25) is 0 Å². The van der Waals surface area contributed by atoms with Gasteiger partial charge in [-0.1, -0.05) is 32.1 Å². The van der Waals surface area contributed by atoms with E-state index in [0.29, 0.717) is 0 Å². The number of methoxy groups -OCH3 is 1. The average Bonchev–Trinajstić information content (AvgIpc) is 2.33. The molecule has 94 valence electrons. The fourth-order valence-electron chi connectivity index (χ4n) is 1.85. The van der Waals surface area contributed by atoms with Crippen LogP contribution >= 0.6 is 0 Å². The Kier molecular flexibility index (Phi) is 5.61. The summed E-state index contributed by atoms with van der Waals surface area (Å²) in [5.74, 6) is 1.000. The number of benzene rings is 1. The van der Waals surface area contributed by atoms with Gasteiger partial charge in [0.25, 0.3) is 0 Å². The lowest BCUT2D eigenvalue weighted by Gasteiger charge is -2.14. The van der Waals surface area contributed by atoms with Gasteiger partial charge in [-0.05, 0) is 37.0 Å². The lowest BCUT2D eigenvalue weighted by atomic mass is 10.0. The molecule has 0 aliphatic rings. The zero-order valence-corrected chi connectivity index (χ0v) is 11.2. The molecule has 1 aromatic carbocycles. The van der Waals surface area contributed by atoms with Crippen LogP contribution in [0.15, 0.2) is 30.5 Å². The van der Waals surface area contributed by atoms with E-state index < -0.39 is 0 Å². The molecule has 17 heavy (non-hydrogen) atoms. The second-order valence-corrected chi connectivity index (χ2v) is 4.34. The molecule has 0 atom stereocenters. The molecule has 0 aliphatic carbocycles. The van der Waals surface area contributed by atoms with Gasteiger partial charge in [0.05, 0.1) is 7.11 Å². The van der Waals surface area contributed by atoms with Gasteiger partial charge in [0.15, 0.2) is 0 Å². The summed E-state index contributed by atoms with van der Waals surface area (Å²) in [6.45, 7) is 8.87. The third-order valence-corrected chi connectivity index (χ3v) is 2.81. The van der Waals surface area contributed by atoms with Crippen molar-refractivity contribution in [2.75, 3.05) is 7.11 Å². The molecule has 0 radical (unpaired) electrons. The summed E-state index contributed by atoms with van der Waals surface area (Å²) in [4.78, 5) is 0. The van der Waals surface area contributed by atoms with E-state index in [0.717, 1.165) is 24.4 Å². The standard InChI is InChI=1S/C15H23NO/c1-5-6-9-14-13(11-16-12(2)3)8-7-10-15(14)17-4/h7-8,10,16H,2,5-6,9,11H2,1,3-4H3. The SMILES string of the molecule is C=C(C)NCc1cccc(OC)c1CCCC. The van der Waals surface area contributed by atoms with Crippen molar-refractivity contribution < 1.29 is 4.74 Å². The van der Waals surface area contributed by atoms with Crippen molar-refractivity contribution in [1.82, 2.24) is 5.32 Å². The lowest BCUT2D eigenvalue weighted by molar-refractivity contribution is 0.408. The van der Waals surface area contributed by atoms with Crippen molar-refractivity contribution in [2.24, 2.45) is 0 Å². The van der Waals surface area contributed by atoms with Crippen LogP contribution in [0.3, 0.4) is 0 Å². The van der Waals surface area contributed by atoms with Gasteiger partial charge in [-0.2, -0.15) is 0 Å². The molecule has 0 heterocycles. The van der Waals surface area contributed by atoms with E-state index in [2.05, 4.69) is 24.9 Å². The van der Waals surface area contributed by atoms with E-state index in [1.165, 1.54) is 24.0 Å². The Labute approximate surface area is 105 Å². The fraction of sp³-hybridized carbons (Fsp3) is 0.467. The number of ether oxygens (including phenoxy) is 1. The Hall–Kier alpha value is -1.44. The number of hydrogen-bond acceptors (Lipinski definition) is 2. The van der Waals surface area contributed by atoms with E-state index in [-0.39, 0.29) is 0 Å². The molecule has 1 aromatic rings. The Morgan fingerprint density at radius 2 is 2.18 bits per heavy atom. The van der Waals surface area contributed by atoms with E-state index in [9.17, 15) is 0 Å². The summed E-state index contributed by atoms with van der Waals surface area (Å²) in [6, 6.07) is 6.24. The average molecular weight is 233 g/mol. The topological polar surface area (TPSA) is 21.3 Å². The highest BCUT2D eigenvalue weighted by Gasteiger charge is 2.08. The van der Waals surface area contributed by atoms with Crippen LogP contribution in [0.2, 0.25) is 0 Å². The zero-order chi connectivity index (χ0) is 12.7. The number of unbranched alkanes of at least 4 members (excludes halogenated alkanes) is 1. The quantitative estimate of drug-likeness (QED) is 0.776. The van der Waals surface area contributed by atoms with Gasteiger partial charge < -0.3 is 10.1 Å². The number of allylic oxidation sites excluding steroid dienone is 1. The predicted octanol–water partition coefficient (Wildman–Crippen LogP) is 3.66. The monoisotopic (exact) mass is 233 g/mol. The smallest absolute Gasteiger partial charge is 0.122 e. The van der Waals surface area contributed by atoms with Crippen molar-refractivity contribution in [3.05, 3.63) is 41.6 Å². The number of hydrogen-bond donors (Lipinski definition) is 1. The molecule has 2 heteroatoms. The minimum Gasteiger partial charge on any atom is -0.496 e. The zero-order valence-electron chi connectivity index (χ0n) is 11.2. The van der Waals surface area contributed by atoms with Gasteiger partial charge >= 0.3 is 0 Å². The summed E-state index contributed by atoms with van der Waals surface area (Å²) in [5.41, 5.74) is 3.63. The molecule has 1 rings (SSSR count). The normalized spacial score (nSPS) is 10.1. The van der Waals surface area contributed by atoms with E-state index in [4.69, 9.17) is 4.74 Å². The Morgan fingerprint density at radius 1 is 1.41 bits per heavy atom. The second-order valence-electron chi connectivity index (χ2n) is 4.34. The van der Waals surface area contributed by atoms with Gasteiger partial charge in [-0.15, -0.1) is 0 Å². The van der Waals surface area contributed by atoms with Crippen LogP contribution < -0.4 is 10.1 Å². The summed E-state index contributed by atoms with van der Waals surface area (Å²) in [5, 5.41) is 3.28. The lowest BCUT2D eigenvalue weighted by Crippen LogP contribution is -2.11. The molecule has 0 saturated heterocycles. The highest BCUT2D eigenvalue weighted by Crippen LogP contribution is 2.24. The first-order valence-electron chi connectivity index (χ1n) is 6.23. The van der Waals surface area contributed by atoms with Gasteiger partial charge in [-0.25, -0.2) is 0 Å².